The predicted octanol–water partition coefficient (Wildman–Crippen LogP) is 1.90. The number of methoxy groups -OCH3 is 1. The average Bonchev–Trinajstić information content (AvgIpc) is 2.30. The molecule has 0 aromatic carbocycles. The van der Waals surface area contributed by atoms with Gasteiger partial charge in [-0.3, -0.25) is 4.79 Å². The highest BCUT2D eigenvalue weighted by Gasteiger charge is 2.23. The Morgan fingerprint density at radius 1 is 1.47 bits per heavy atom. The molecule has 1 heterocycles. The van der Waals surface area contributed by atoms with E-state index in [0.717, 1.165) is 16.9 Å². The summed E-state index contributed by atoms with van der Waals surface area (Å²) in [4.78, 5) is 11.8. The van der Waals surface area contributed by atoms with Crippen molar-refractivity contribution in [1.82, 2.24) is 10.2 Å². The van der Waals surface area contributed by atoms with Gasteiger partial charge in [-0.2, -0.15) is 5.10 Å². The zero-order valence-corrected chi connectivity index (χ0v) is 10.2. The van der Waals surface area contributed by atoms with Crippen LogP contribution in [-0.2, 0) is 4.74 Å². The highest BCUT2D eigenvalue weighted by molar-refractivity contribution is 5.34. The summed E-state index contributed by atoms with van der Waals surface area (Å²) in [6.07, 6.45) is 7.64. The van der Waals surface area contributed by atoms with Gasteiger partial charge in [0, 0.05) is 11.5 Å². The summed E-state index contributed by atoms with van der Waals surface area (Å²) in [7, 11) is 1.65. The van der Waals surface area contributed by atoms with Crippen LogP contribution in [0.25, 0.3) is 0 Å². The van der Waals surface area contributed by atoms with E-state index < -0.39 is 0 Å². The minimum Gasteiger partial charge on any atom is -0.497 e. The molecule has 0 saturated carbocycles. The van der Waals surface area contributed by atoms with Gasteiger partial charge in [0.1, 0.15) is 5.76 Å². The maximum absolute atomic E-state index is 11.8. The van der Waals surface area contributed by atoms with Gasteiger partial charge in [0.2, 0.25) is 0 Å². The molecule has 2 atom stereocenters. The predicted molar refractivity (Wildman–Crippen MR) is 65.7 cm³/mol. The van der Waals surface area contributed by atoms with Crippen LogP contribution < -0.4 is 5.56 Å². The SMILES string of the molecule is COC1=CC(C)C(c2c(C)cn[nH]c2=O)C=C1. The van der Waals surface area contributed by atoms with Crippen LogP contribution in [0.1, 0.15) is 24.0 Å². The maximum atomic E-state index is 11.8. The Morgan fingerprint density at radius 2 is 2.24 bits per heavy atom. The van der Waals surface area contributed by atoms with E-state index >= 15 is 0 Å². The van der Waals surface area contributed by atoms with Gasteiger partial charge in [-0.05, 0) is 30.6 Å². The number of hydrogen-bond donors (Lipinski definition) is 1. The summed E-state index contributed by atoms with van der Waals surface area (Å²) >= 11 is 0. The molecule has 1 aliphatic carbocycles. The molecule has 17 heavy (non-hydrogen) atoms. The zero-order valence-electron chi connectivity index (χ0n) is 10.2. The summed E-state index contributed by atoms with van der Waals surface area (Å²) in [5, 5.41) is 6.29. The van der Waals surface area contributed by atoms with E-state index in [1.807, 2.05) is 25.2 Å². The van der Waals surface area contributed by atoms with E-state index in [-0.39, 0.29) is 17.4 Å². The Bertz CT molecular complexity index is 528. The Morgan fingerprint density at radius 3 is 2.82 bits per heavy atom. The molecule has 2 rings (SSSR count). The van der Waals surface area contributed by atoms with Crippen LogP contribution in [0.3, 0.4) is 0 Å². The number of aromatic nitrogens is 2. The van der Waals surface area contributed by atoms with Gasteiger partial charge >= 0.3 is 0 Å². The van der Waals surface area contributed by atoms with E-state index in [4.69, 9.17) is 4.74 Å². The number of hydrogen-bond acceptors (Lipinski definition) is 3. The van der Waals surface area contributed by atoms with Gasteiger partial charge in [-0.15, -0.1) is 0 Å². The Labute approximate surface area is 100 Å². The van der Waals surface area contributed by atoms with Gasteiger partial charge in [-0.25, -0.2) is 5.10 Å². The Kier molecular flexibility index (Phi) is 3.13. The maximum Gasteiger partial charge on any atom is 0.268 e. The summed E-state index contributed by atoms with van der Waals surface area (Å²) in [5.74, 6) is 1.16. The molecule has 90 valence electrons. The lowest BCUT2D eigenvalue weighted by molar-refractivity contribution is 0.298. The number of allylic oxidation sites excluding steroid dienone is 3. The number of rotatable bonds is 2. The first-order chi connectivity index (χ1) is 8.13. The molecule has 1 aliphatic rings. The van der Waals surface area contributed by atoms with Crippen LogP contribution in [-0.4, -0.2) is 17.3 Å². The quantitative estimate of drug-likeness (QED) is 0.847. The van der Waals surface area contributed by atoms with Crippen LogP contribution in [0.4, 0.5) is 0 Å². The van der Waals surface area contributed by atoms with E-state index in [2.05, 4.69) is 17.1 Å². The van der Waals surface area contributed by atoms with E-state index in [1.54, 1.807) is 13.3 Å². The first-order valence-electron chi connectivity index (χ1n) is 5.61. The van der Waals surface area contributed by atoms with E-state index in [9.17, 15) is 4.79 Å². The third-order valence-electron chi connectivity index (χ3n) is 3.12. The molecule has 0 radical (unpaired) electrons. The van der Waals surface area contributed by atoms with E-state index in [1.165, 1.54) is 0 Å². The van der Waals surface area contributed by atoms with Gasteiger partial charge in [0.15, 0.2) is 0 Å². The van der Waals surface area contributed by atoms with Crippen molar-refractivity contribution in [1.29, 1.82) is 0 Å². The minimum atomic E-state index is -0.110. The fraction of sp³-hybridized carbons (Fsp3) is 0.385. The lowest BCUT2D eigenvalue weighted by Crippen LogP contribution is -2.22. The number of H-pyrrole nitrogens is 1. The molecule has 1 aromatic heterocycles. The monoisotopic (exact) mass is 232 g/mol. The molecule has 4 nitrogen and oxygen atoms in total. The van der Waals surface area contributed by atoms with Crippen molar-refractivity contribution in [2.45, 2.75) is 19.8 Å². The summed E-state index contributed by atoms with van der Waals surface area (Å²) in [6, 6.07) is 0. The van der Waals surface area contributed by atoms with Crippen molar-refractivity contribution in [3.8, 4) is 0 Å². The third-order valence-corrected chi connectivity index (χ3v) is 3.12. The molecule has 0 fully saturated rings. The molecule has 2 unspecified atom stereocenters. The Hall–Kier alpha value is -1.84. The second-order valence-corrected chi connectivity index (χ2v) is 4.31. The molecule has 0 bridgehead atoms. The molecule has 0 saturated heterocycles. The first-order valence-corrected chi connectivity index (χ1v) is 5.61. The molecular weight excluding hydrogens is 216 g/mol. The van der Waals surface area contributed by atoms with E-state index in [0.29, 0.717) is 0 Å². The van der Waals surface area contributed by atoms with Gasteiger partial charge in [0.25, 0.3) is 5.56 Å². The molecule has 4 heteroatoms. The number of ether oxygens (including phenoxy) is 1. The molecule has 1 aromatic rings. The number of aromatic amines is 1. The van der Waals surface area contributed by atoms with Crippen molar-refractivity contribution < 1.29 is 4.74 Å². The van der Waals surface area contributed by atoms with Crippen LogP contribution in [0, 0.1) is 12.8 Å². The van der Waals surface area contributed by atoms with Crippen molar-refractivity contribution in [3.05, 3.63) is 51.7 Å². The third kappa shape index (κ3) is 2.16. The van der Waals surface area contributed by atoms with Crippen molar-refractivity contribution in [2.75, 3.05) is 7.11 Å². The van der Waals surface area contributed by atoms with Gasteiger partial charge in [-0.1, -0.05) is 13.0 Å². The van der Waals surface area contributed by atoms with Crippen molar-refractivity contribution >= 4 is 0 Å². The molecule has 0 amide bonds. The number of nitrogens with zero attached hydrogens (tertiary/aromatic N) is 1. The van der Waals surface area contributed by atoms with Crippen molar-refractivity contribution in [2.24, 2.45) is 5.92 Å². The molecule has 0 aliphatic heterocycles. The van der Waals surface area contributed by atoms with Crippen molar-refractivity contribution in [3.63, 3.8) is 0 Å². The summed E-state index contributed by atoms with van der Waals surface area (Å²) in [6.45, 7) is 3.99. The fourth-order valence-corrected chi connectivity index (χ4v) is 2.20. The number of aryl methyl sites for hydroxylation is 1. The zero-order chi connectivity index (χ0) is 12.4. The largest absolute Gasteiger partial charge is 0.497 e. The van der Waals surface area contributed by atoms with Crippen LogP contribution >= 0.6 is 0 Å². The smallest absolute Gasteiger partial charge is 0.268 e. The van der Waals surface area contributed by atoms with Crippen LogP contribution in [0.5, 0.6) is 0 Å². The normalized spacial score (nSPS) is 23.4. The summed E-state index contributed by atoms with van der Waals surface area (Å²) in [5.41, 5.74) is 1.60. The second-order valence-electron chi connectivity index (χ2n) is 4.31. The lowest BCUT2D eigenvalue weighted by Gasteiger charge is -2.23. The summed E-state index contributed by atoms with van der Waals surface area (Å²) < 4.78 is 5.18. The topological polar surface area (TPSA) is 55.0 Å². The molecule has 1 N–H and O–H groups in total. The average molecular weight is 232 g/mol. The highest BCUT2D eigenvalue weighted by Crippen LogP contribution is 2.31. The standard InChI is InChI=1S/C13H16N2O2/c1-8-6-10(17-3)4-5-11(8)12-9(2)7-14-15-13(12)16/h4-8,11H,1-3H3,(H,15,16). The highest BCUT2D eigenvalue weighted by atomic mass is 16.5. The van der Waals surface area contributed by atoms with Gasteiger partial charge in [0.05, 0.1) is 13.3 Å². The second kappa shape index (κ2) is 4.57. The van der Waals surface area contributed by atoms with Crippen LogP contribution in [0.15, 0.2) is 35.0 Å². The van der Waals surface area contributed by atoms with Crippen LogP contribution in [0.2, 0.25) is 0 Å². The minimum absolute atomic E-state index is 0.0839. The first kappa shape index (κ1) is 11.6. The Balaban J connectivity index is 2.41. The fourth-order valence-electron chi connectivity index (χ4n) is 2.20. The van der Waals surface area contributed by atoms with Gasteiger partial charge < -0.3 is 4.74 Å². The number of nitrogens with one attached hydrogen (secondary N) is 1. The molecular formula is C13H16N2O2. The lowest BCUT2D eigenvalue weighted by atomic mass is 9.83. The molecule has 0 spiro atoms.